The molecule has 0 aliphatic rings. The number of nitrogens with one attached hydrogen (secondary N) is 2. The van der Waals surface area contributed by atoms with Gasteiger partial charge in [-0.2, -0.15) is 0 Å². The lowest BCUT2D eigenvalue weighted by Gasteiger charge is -2.15. The maximum atomic E-state index is 14.6. The number of halogens is 1. The number of aryl methyl sites for hydroxylation is 1. The third kappa shape index (κ3) is 5.40. The zero-order valence-electron chi connectivity index (χ0n) is 19.5. The lowest BCUT2D eigenvalue weighted by molar-refractivity contribution is 0.242. The van der Waals surface area contributed by atoms with Gasteiger partial charge in [-0.05, 0) is 64.1 Å². The van der Waals surface area contributed by atoms with Gasteiger partial charge in [0.05, 0.1) is 28.0 Å². The highest BCUT2D eigenvalue weighted by atomic mass is 32.2. The first-order chi connectivity index (χ1) is 16.6. The molecule has 0 atom stereocenters. The van der Waals surface area contributed by atoms with Gasteiger partial charge >= 0.3 is 0 Å². The van der Waals surface area contributed by atoms with Crippen molar-refractivity contribution in [2.45, 2.75) is 38.7 Å². The molecule has 0 radical (unpaired) electrons. The van der Waals surface area contributed by atoms with E-state index in [-0.39, 0.29) is 22.4 Å². The van der Waals surface area contributed by atoms with Crippen LogP contribution < -0.4 is 14.8 Å². The molecule has 0 bridgehead atoms. The second-order valence-corrected chi connectivity index (χ2v) is 9.73. The normalized spacial score (nSPS) is 11.5. The summed E-state index contributed by atoms with van der Waals surface area (Å²) in [5, 5.41) is 6.83. The fourth-order valence-corrected chi connectivity index (χ4v) is 4.27. The minimum atomic E-state index is -3.87. The summed E-state index contributed by atoms with van der Waals surface area (Å²) >= 11 is 0. The number of anilines is 3. The molecule has 0 spiro atoms. The Kier molecular flexibility index (Phi) is 6.70. The zero-order valence-corrected chi connectivity index (χ0v) is 20.4. The van der Waals surface area contributed by atoms with Crippen molar-refractivity contribution in [3.63, 3.8) is 0 Å². The average molecular weight is 498 g/mol. The van der Waals surface area contributed by atoms with Gasteiger partial charge in [-0.15, -0.1) is 0 Å². The monoisotopic (exact) mass is 497 g/mol. The summed E-state index contributed by atoms with van der Waals surface area (Å²) in [6.45, 7) is 7.15. The predicted molar refractivity (Wildman–Crippen MR) is 130 cm³/mol. The van der Waals surface area contributed by atoms with Crippen LogP contribution in [-0.2, 0) is 10.0 Å². The standard InChI is InChI=1S/C24H24FN5O4S/c1-14(2)33-21-7-5-6-19(25)23(21)20-12-22(27-13-26-20)28-17-8-10-18(11-9-17)35(31,32)30-24-15(3)16(4)29-34-24/h5-14,30H,1-4H3,(H,26,27,28). The molecule has 4 rings (SSSR count). The van der Waals surface area contributed by atoms with Gasteiger partial charge in [0, 0.05) is 17.3 Å². The maximum Gasteiger partial charge on any atom is 0.264 e. The van der Waals surface area contributed by atoms with Gasteiger partial charge in [-0.25, -0.2) is 27.5 Å². The van der Waals surface area contributed by atoms with Crippen LogP contribution in [0.5, 0.6) is 5.75 Å². The number of hydrogen-bond acceptors (Lipinski definition) is 8. The van der Waals surface area contributed by atoms with E-state index in [1.807, 2.05) is 13.8 Å². The average Bonchev–Trinajstić information content (AvgIpc) is 3.11. The molecule has 0 saturated heterocycles. The molecule has 2 N–H and O–H groups in total. The molecule has 0 fully saturated rings. The van der Waals surface area contributed by atoms with Crippen molar-refractivity contribution in [3.8, 4) is 17.0 Å². The second kappa shape index (κ2) is 9.71. The predicted octanol–water partition coefficient (Wildman–Crippen LogP) is 5.22. The molecule has 9 nitrogen and oxygen atoms in total. The highest BCUT2D eigenvalue weighted by Crippen LogP contribution is 2.33. The number of rotatable bonds is 8. The van der Waals surface area contributed by atoms with Gasteiger partial charge in [0.2, 0.25) is 5.88 Å². The van der Waals surface area contributed by atoms with Gasteiger partial charge < -0.3 is 14.6 Å². The molecule has 0 amide bonds. The third-order valence-corrected chi connectivity index (χ3v) is 6.43. The second-order valence-electron chi connectivity index (χ2n) is 8.05. The highest BCUT2D eigenvalue weighted by molar-refractivity contribution is 7.92. The van der Waals surface area contributed by atoms with Crippen LogP contribution in [0.25, 0.3) is 11.3 Å². The van der Waals surface area contributed by atoms with Crippen LogP contribution in [0.4, 0.5) is 21.8 Å². The Morgan fingerprint density at radius 1 is 1.06 bits per heavy atom. The number of aromatic nitrogens is 3. The Hall–Kier alpha value is -3.99. The molecule has 0 unspecified atom stereocenters. The summed E-state index contributed by atoms with van der Waals surface area (Å²) in [6, 6.07) is 12.2. The van der Waals surface area contributed by atoms with E-state index in [9.17, 15) is 12.8 Å². The SMILES string of the molecule is Cc1noc(NS(=O)(=O)c2ccc(Nc3cc(-c4c(F)cccc4OC(C)C)ncn3)cc2)c1C. The Morgan fingerprint density at radius 3 is 2.46 bits per heavy atom. The first-order valence-electron chi connectivity index (χ1n) is 10.7. The highest BCUT2D eigenvalue weighted by Gasteiger charge is 2.19. The van der Waals surface area contributed by atoms with E-state index in [2.05, 4.69) is 25.2 Å². The topological polar surface area (TPSA) is 119 Å². The summed E-state index contributed by atoms with van der Waals surface area (Å²) in [7, 11) is -3.87. The summed E-state index contributed by atoms with van der Waals surface area (Å²) in [6.07, 6.45) is 1.17. The summed E-state index contributed by atoms with van der Waals surface area (Å²) in [5.41, 5.74) is 2.37. The fraction of sp³-hybridized carbons (Fsp3) is 0.208. The molecule has 2 heterocycles. The molecule has 0 aliphatic carbocycles. The number of ether oxygens (including phenoxy) is 1. The van der Waals surface area contributed by atoms with Crippen LogP contribution in [0, 0.1) is 19.7 Å². The van der Waals surface area contributed by atoms with E-state index < -0.39 is 15.8 Å². The van der Waals surface area contributed by atoms with E-state index in [1.54, 1.807) is 44.2 Å². The van der Waals surface area contributed by atoms with Crippen molar-refractivity contribution in [2.24, 2.45) is 0 Å². The molecule has 2 aromatic carbocycles. The van der Waals surface area contributed by atoms with Crippen LogP contribution in [-0.4, -0.2) is 29.6 Å². The minimum absolute atomic E-state index is 0.0433. The Balaban J connectivity index is 1.55. The molecule has 182 valence electrons. The van der Waals surface area contributed by atoms with Gasteiger partial charge in [0.1, 0.15) is 23.7 Å². The zero-order chi connectivity index (χ0) is 25.2. The number of nitrogens with zero attached hydrogens (tertiary/aromatic N) is 3. The first kappa shape index (κ1) is 24.1. The van der Waals surface area contributed by atoms with Crippen LogP contribution >= 0.6 is 0 Å². The van der Waals surface area contributed by atoms with Crippen LogP contribution in [0.3, 0.4) is 0 Å². The molecular formula is C24H24FN5O4S. The summed E-state index contributed by atoms with van der Waals surface area (Å²) in [5.74, 6) is 0.387. The number of sulfonamides is 1. The van der Waals surface area contributed by atoms with Crippen molar-refractivity contribution < 1.29 is 22.1 Å². The lowest BCUT2D eigenvalue weighted by atomic mass is 10.1. The van der Waals surface area contributed by atoms with Gasteiger partial charge in [0.15, 0.2) is 0 Å². The maximum absolute atomic E-state index is 14.6. The van der Waals surface area contributed by atoms with Crippen molar-refractivity contribution >= 4 is 27.4 Å². The Morgan fingerprint density at radius 2 is 1.80 bits per heavy atom. The fourth-order valence-electron chi connectivity index (χ4n) is 3.22. The van der Waals surface area contributed by atoms with Crippen molar-refractivity contribution in [1.29, 1.82) is 0 Å². The number of benzene rings is 2. The number of hydrogen-bond donors (Lipinski definition) is 2. The van der Waals surface area contributed by atoms with E-state index in [0.717, 1.165) is 0 Å². The minimum Gasteiger partial charge on any atom is -0.490 e. The van der Waals surface area contributed by atoms with Crippen molar-refractivity contribution in [1.82, 2.24) is 15.1 Å². The molecular weight excluding hydrogens is 473 g/mol. The van der Waals surface area contributed by atoms with Gasteiger partial charge in [0.25, 0.3) is 10.0 Å². The third-order valence-electron chi connectivity index (χ3n) is 5.08. The largest absolute Gasteiger partial charge is 0.490 e. The van der Waals surface area contributed by atoms with Crippen LogP contribution in [0.15, 0.2) is 64.3 Å². The Bertz CT molecular complexity index is 1450. The summed E-state index contributed by atoms with van der Waals surface area (Å²) < 4.78 is 53.2. The molecule has 4 aromatic rings. The molecule has 2 aromatic heterocycles. The van der Waals surface area contributed by atoms with E-state index in [0.29, 0.717) is 34.2 Å². The summed E-state index contributed by atoms with van der Waals surface area (Å²) in [4.78, 5) is 8.43. The van der Waals surface area contributed by atoms with Gasteiger partial charge in [-0.3, -0.25) is 0 Å². The molecule has 0 saturated carbocycles. The van der Waals surface area contributed by atoms with Crippen LogP contribution in [0.1, 0.15) is 25.1 Å². The quantitative estimate of drug-likeness (QED) is 0.340. The van der Waals surface area contributed by atoms with Crippen molar-refractivity contribution in [2.75, 3.05) is 10.0 Å². The van der Waals surface area contributed by atoms with Crippen molar-refractivity contribution in [3.05, 3.63) is 71.9 Å². The molecule has 35 heavy (non-hydrogen) atoms. The Labute approximate surface area is 202 Å². The molecule has 11 heteroatoms. The van der Waals surface area contributed by atoms with Gasteiger partial charge in [-0.1, -0.05) is 11.2 Å². The first-order valence-corrected chi connectivity index (χ1v) is 12.2. The lowest BCUT2D eigenvalue weighted by Crippen LogP contribution is -2.13. The smallest absolute Gasteiger partial charge is 0.264 e. The van der Waals surface area contributed by atoms with E-state index in [4.69, 9.17) is 9.26 Å². The van der Waals surface area contributed by atoms with E-state index >= 15 is 0 Å². The van der Waals surface area contributed by atoms with E-state index in [1.165, 1.54) is 24.5 Å². The molecule has 0 aliphatic heterocycles. The van der Waals surface area contributed by atoms with Crippen LogP contribution in [0.2, 0.25) is 0 Å².